The van der Waals surface area contributed by atoms with E-state index < -0.39 is 16.1 Å². The van der Waals surface area contributed by atoms with E-state index in [4.69, 9.17) is 4.74 Å². The SMILES string of the molecule is CCN(CC)S(=O)(=O)c1ccc(Oc2ccc(F)cc2)c(NC(C)C(=O)N2CCCC2)c1. The number of hydrogen-bond acceptors (Lipinski definition) is 5. The Morgan fingerprint density at radius 3 is 2.34 bits per heavy atom. The molecule has 1 heterocycles. The van der Waals surface area contributed by atoms with Gasteiger partial charge >= 0.3 is 0 Å². The Morgan fingerprint density at radius 2 is 1.75 bits per heavy atom. The zero-order chi connectivity index (χ0) is 23.3. The van der Waals surface area contributed by atoms with Crippen LogP contribution in [0.3, 0.4) is 0 Å². The molecule has 7 nitrogen and oxygen atoms in total. The maximum absolute atomic E-state index is 13.3. The molecule has 1 amide bonds. The van der Waals surface area contributed by atoms with Crippen molar-refractivity contribution < 1.29 is 22.3 Å². The highest BCUT2D eigenvalue weighted by Gasteiger charge is 2.26. The summed E-state index contributed by atoms with van der Waals surface area (Å²) in [5.74, 6) is 0.303. The highest BCUT2D eigenvalue weighted by molar-refractivity contribution is 7.89. The third-order valence-electron chi connectivity index (χ3n) is 5.50. The fourth-order valence-electron chi connectivity index (χ4n) is 3.72. The molecule has 1 N–H and O–H groups in total. The molecular formula is C23H30FN3O4S. The predicted molar refractivity (Wildman–Crippen MR) is 122 cm³/mol. The Morgan fingerprint density at radius 1 is 1.12 bits per heavy atom. The lowest BCUT2D eigenvalue weighted by Crippen LogP contribution is -2.39. The second-order valence-corrected chi connectivity index (χ2v) is 9.64. The molecule has 0 aliphatic carbocycles. The van der Waals surface area contributed by atoms with E-state index in [0.717, 1.165) is 25.9 Å². The van der Waals surface area contributed by atoms with Crippen LogP contribution in [0.4, 0.5) is 10.1 Å². The molecule has 1 aliphatic rings. The highest BCUT2D eigenvalue weighted by atomic mass is 32.2. The summed E-state index contributed by atoms with van der Waals surface area (Å²) in [6.07, 6.45) is 1.96. The lowest BCUT2D eigenvalue weighted by molar-refractivity contribution is -0.130. The average Bonchev–Trinajstić information content (AvgIpc) is 3.31. The molecule has 0 saturated carbocycles. The third kappa shape index (κ3) is 5.39. The molecule has 1 aliphatic heterocycles. The van der Waals surface area contributed by atoms with Crippen LogP contribution in [0.5, 0.6) is 11.5 Å². The van der Waals surface area contributed by atoms with E-state index in [1.165, 1.54) is 40.7 Å². The summed E-state index contributed by atoms with van der Waals surface area (Å²) < 4.78 is 46.6. The smallest absolute Gasteiger partial charge is 0.244 e. The van der Waals surface area contributed by atoms with Gasteiger partial charge in [0.15, 0.2) is 5.75 Å². The van der Waals surface area contributed by atoms with Gasteiger partial charge in [-0.15, -0.1) is 0 Å². The van der Waals surface area contributed by atoms with Crippen LogP contribution in [0.1, 0.15) is 33.6 Å². The van der Waals surface area contributed by atoms with Gasteiger partial charge in [-0.1, -0.05) is 13.8 Å². The number of anilines is 1. The van der Waals surface area contributed by atoms with Gasteiger partial charge in [0.1, 0.15) is 17.6 Å². The van der Waals surface area contributed by atoms with E-state index in [-0.39, 0.29) is 16.6 Å². The van der Waals surface area contributed by atoms with Crippen molar-refractivity contribution in [3.63, 3.8) is 0 Å². The number of hydrogen-bond donors (Lipinski definition) is 1. The van der Waals surface area contributed by atoms with Gasteiger partial charge < -0.3 is 15.0 Å². The molecule has 32 heavy (non-hydrogen) atoms. The van der Waals surface area contributed by atoms with Crippen molar-refractivity contribution in [1.82, 2.24) is 9.21 Å². The van der Waals surface area contributed by atoms with Crippen LogP contribution >= 0.6 is 0 Å². The Hall–Kier alpha value is -2.65. The number of carbonyl (C=O) groups is 1. The molecule has 1 unspecified atom stereocenters. The molecule has 0 aromatic heterocycles. The number of nitrogens with zero attached hydrogens (tertiary/aromatic N) is 2. The van der Waals surface area contributed by atoms with Crippen molar-refractivity contribution in [1.29, 1.82) is 0 Å². The highest BCUT2D eigenvalue weighted by Crippen LogP contribution is 2.33. The van der Waals surface area contributed by atoms with Gasteiger partial charge in [0, 0.05) is 26.2 Å². The number of benzene rings is 2. The average molecular weight is 464 g/mol. The fraction of sp³-hybridized carbons (Fsp3) is 0.435. The largest absolute Gasteiger partial charge is 0.455 e. The Balaban J connectivity index is 1.94. The minimum Gasteiger partial charge on any atom is -0.455 e. The number of sulfonamides is 1. The first kappa shape index (κ1) is 24.0. The second-order valence-electron chi connectivity index (χ2n) is 7.70. The molecule has 0 bridgehead atoms. The van der Waals surface area contributed by atoms with Gasteiger partial charge in [0.05, 0.1) is 10.6 Å². The number of ether oxygens (including phenoxy) is 1. The van der Waals surface area contributed by atoms with Crippen molar-refractivity contribution in [3.8, 4) is 11.5 Å². The zero-order valence-electron chi connectivity index (χ0n) is 18.7. The molecule has 174 valence electrons. The minimum atomic E-state index is -3.70. The van der Waals surface area contributed by atoms with Gasteiger partial charge in [0.25, 0.3) is 0 Å². The first-order valence-electron chi connectivity index (χ1n) is 10.9. The van der Waals surface area contributed by atoms with Gasteiger partial charge in [-0.3, -0.25) is 4.79 Å². The van der Waals surface area contributed by atoms with E-state index in [0.29, 0.717) is 30.3 Å². The zero-order valence-corrected chi connectivity index (χ0v) is 19.5. The summed E-state index contributed by atoms with van der Waals surface area (Å²) in [6.45, 7) is 7.44. The lowest BCUT2D eigenvalue weighted by atomic mass is 10.2. The molecule has 0 spiro atoms. The molecule has 1 saturated heterocycles. The van der Waals surface area contributed by atoms with Crippen LogP contribution in [0.25, 0.3) is 0 Å². The Kier molecular flexibility index (Phi) is 7.73. The third-order valence-corrected chi connectivity index (χ3v) is 7.54. The number of amides is 1. The summed E-state index contributed by atoms with van der Waals surface area (Å²) in [7, 11) is -3.70. The van der Waals surface area contributed by atoms with Crippen molar-refractivity contribution >= 4 is 21.6 Å². The number of carbonyl (C=O) groups excluding carboxylic acids is 1. The molecule has 9 heteroatoms. The van der Waals surface area contributed by atoms with Gasteiger partial charge in [0.2, 0.25) is 15.9 Å². The Labute approximate surface area is 189 Å². The molecule has 2 aromatic rings. The van der Waals surface area contributed by atoms with Gasteiger partial charge in [-0.05, 0) is 62.2 Å². The fourth-order valence-corrected chi connectivity index (χ4v) is 5.20. The Bertz CT molecular complexity index is 1030. The van der Waals surface area contributed by atoms with Crippen molar-refractivity contribution in [3.05, 3.63) is 48.3 Å². The summed E-state index contributed by atoms with van der Waals surface area (Å²) in [5, 5.41) is 3.13. The molecule has 3 rings (SSSR count). The van der Waals surface area contributed by atoms with Crippen LogP contribution in [0, 0.1) is 5.82 Å². The van der Waals surface area contributed by atoms with E-state index >= 15 is 0 Å². The van der Waals surface area contributed by atoms with E-state index in [1.54, 1.807) is 31.7 Å². The van der Waals surface area contributed by atoms with Crippen molar-refractivity contribution in [2.75, 3.05) is 31.5 Å². The summed E-state index contributed by atoms with van der Waals surface area (Å²) >= 11 is 0. The first-order chi connectivity index (χ1) is 15.3. The summed E-state index contributed by atoms with van der Waals surface area (Å²) in [4.78, 5) is 14.7. The monoisotopic (exact) mass is 463 g/mol. The predicted octanol–water partition coefficient (Wildman–Crippen LogP) is 4.07. The van der Waals surface area contributed by atoms with Crippen LogP contribution < -0.4 is 10.1 Å². The van der Waals surface area contributed by atoms with Crippen LogP contribution in [-0.2, 0) is 14.8 Å². The van der Waals surface area contributed by atoms with Gasteiger partial charge in [-0.2, -0.15) is 4.31 Å². The van der Waals surface area contributed by atoms with Crippen LogP contribution in [0.2, 0.25) is 0 Å². The van der Waals surface area contributed by atoms with Crippen LogP contribution in [0.15, 0.2) is 47.4 Å². The summed E-state index contributed by atoms with van der Waals surface area (Å²) in [6, 6.07) is 9.47. The number of halogens is 1. The van der Waals surface area contributed by atoms with Crippen LogP contribution in [-0.4, -0.2) is 55.8 Å². The topological polar surface area (TPSA) is 79.0 Å². The number of nitrogens with one attached hydrogen (secondary N) is 1. The van der Waals surface area contributed by atoms with E-state index in [9.17, 15) is 17.6 Å². The standard InChI is InChI=1S/C23H30FN3O4S/c1-4-27(5-2)32(29,30)20-12-13-22(31-19-10-8-18(24)9-11-19)21(16-20)25-17(3)23(28)26-14-6-7-15-26/h8-13,16-17,25H,4-7,14-15H2,1-3H3. The quantitative estimate of drug-likeness (QED) is 0.607. The van der Waals surface area contributed by atoms with Gasteiger partial charge in [-0.25, -0.2) is 12.8 Å². The minimum absolute atomic E-state index is 0.0489. The van der Waals surface area contributed by atoms with E-state index in [2.05, 4.69) is 5.32 Å². The molecule has 2 aromatic carbocycles. The molecule has 1 fully saturated rings. The summed E-state index contributed by atoms with van der Waals surface area (Å²) in [5.41, 5.74) is 0.377. The normalized spacial score (nSPS) is 15.1. The number of rotatable bonds is 9. The maximum Gasteiger partial charge on any atom is 0.244 e. The lowest BCUT2D eigenvalue weighted by Gasteiger charge is -2.24. The van der Waals surface area contributed by atoms with E-state index in [1.807, 2.05) is 0 Å². The second kappa shape index (κ2) is 10.3. The number of likely N-dealkylation sites (tertiary alicyclic amines) is 1. The maximum atomic E-state index is 13.3. The molecular weight excluding hydrogens is 433 g/mol. The molecule has 0 radical (unpaired) electrons. The molecule has 1 atom stereocenters. The van der Waals surface area contributed by atoms with Crippen molar-refractivity contribution in [2.45, 2.75) is 44.6 Å². The first-order valence-corrected chi connectivity index (χ1v) is 12.3. The van der Waals surface area contributed by atoms with Crippen molar-refractivity contribution in [2.24, 2.45) is 0 Å².